The van der Waals surface area contributed by atoms with Gasteiger partial charge in [-0.15, -0.1) is 0 Å². The van der Waals surface area contributed by atoms with E-state index in [-0.39, 0.29) is 0 Å². The molecule has 0 radical (unpaired) electrons. The topological polar surface area (TPSA) is 59.3 Å². The van der Waals surface area contributed by atoms with Gasteiger partial charge in [0.2, 0.25) is 0 Å². The Morgan fingerprint density at radius 1 is 1.27 bits per heavy atom. The normalized spacial score (nSPS) is 9.86. The fourth-order valence-corrected chi connectivity index (χ4v) is 2.73. The average molecular weight is 407 g/mol. The highest BCUT2D eigenvalue weighted by Crippen LogP contribution is 2.34. The molecule has 0 aliphatic heterocycles. The van der Waals surface area contributed by atoms with Crippen LogP contribution < -0.4 is 9.47 Å². The van der Waals surface area contributed by atoms with Gasteiger partial charge in [-0.3, -0.25) is 4.79 Å². The van der Waals surface area contributed by atoms with Gasteiger partial charge in [-0.25, -0.2) is 0 Å². The van der Waals surface area contributed by atoms with Gasteiger partial charge >= 0.3 is 0 Å². The Morgan fingerprint density at radius 3 is 2.77 bits per heavy atom. The van der Waals surface area contributed by atoms with Gasteiger partial charge < -0.3 is 9.47 Å². The molecule has 0 aromatic heterocycles. The molecule has 2 rings (SSSR count). The van der Waals surface area contributed by atoms with E-state index in [0.717, 1.165) is 15.4 Å². The zero-order valence-electron chi connectivity index (χ0n) is 12.0. The minimum absolute atomic E-state index is 0.325. The monoisotopic (exact) mass is 407 g/mol. The fourth-order valence-electron chi connectivity index (χ4n) is 1.95. The van der Waals surface area contributed by atoms with E-state index in [2.05, 4.69) is 28.7 Å². The molecular formula is C17H14INO3. The molecule has 112 valence electrons. The molecule has 0 aliphatic rings. The number of carbonyl (C=O) groups is 1. The second-order valence-electron chi connectivity index (χ2n) is 4.48. The molecule has 0 spiro atoms. The van der Waals surface area contributed by atoms with Gasteiger partial charge in [-0.05, 0) is 59.3 Å². The predicted octanol–water partition coefficient (Wildman–Crippen LogP) is 3.95. The molecule has 4 nitrogen and oxygen atoms in total. The summed E-state index contributed by atoms with van der Waals surface area (Å²) in [6.45, 7) is 2.69. The summed E-state index contributed by atoms with van der Waals surface area (Å²) in [4.78, 5) is 10.9. The number of aldehydes is 1. The largest absolute Gasteiger partial charge is 0.490 e. The van der Waals surface area contributed by atoms with Crippen molar-refractivity contribution in [2.24, 2.45) is 0 Å². The van der Waals surface area contributed by atoms with Crippen molar-refractivity contribution in [1.29, 1.82) is 5.26 Å². The molecule has 0 N–H and O–H groups in total. The van der Waals surface area contributed by atoms with E-state index >= 15 is 0 Å². The maximum atomic E-state index is 10.9. The summed E-state index contributed by atoms with van der Waals surface area (Å²) in [7, 11) is 0. The summed E-state index contributed by atoms with van der Waals surface area (Å²) in [5.41, 5.74) is 2.04. The Hall–Kier alpha value is -2.07. The second-order valence-corrected chi connectivity index (χ2v) is 5.64. The number of rotatable bonds is 6. The van der Waals surface area contributed by atoms with Crippen molar-refractivity contribution >= 4 is 28.9 Å². The van der Waals surface area contributed by atoms with E-state index in [9.17, 15) is 4.79 Å². The Kier molecular flexibility index (Phi) is 5.78. The predicted molar refractivity (Wildman–Crippen MR) is 91.2 cm³/mol. The summed E-state index contributed by atoms with van der Waals surface area (Å²) >= 11 is 2.12. The summed E-state index contributed by atoms with van der Waals surface area (Å²) in [5.74, 6) is 1.16. The molecular weight excluding hydrogens is 393 g/mol. The van der Waals surface area contributed by atoms with Crippen LogP contribution in [0, 0.1) is 14.9 Å². The van der Waals surface area contributed by atoms with Gasteiger partial charge in [-0.1, -0.05) is 12.1 Å². The smallest absolute Gasteiger partial charge is 0.175 e. The lowest BCUT2D eigenvalue weighted by Crippen LogP contribution is -2.02. The number of carbonyl (C=O) groups excluding carboxylic acids is 1. The Morgan fingerprint density at radius 2 is 2.09 bits per heavy atom. The maximum Gasteiger partial charge on any atom is 0.175 e. The van der Waals surface area contributed by atoms with Crippen LogP contribution in [0.4, 0.5) is 0 Å². The third kappa shape index (κ3) is 3.98. The molecule has 0 aliphatic carbocycles. The molecule has 0 bridgehead atoms. The SMILES string of the molecule is CCOc1cc(C=O)cc(I)c1OCc1cccc(C#N)c1. The van der Waals surface area contributed by atoms with Gasteiger partial charge in [-0.2, -0.15) is 5.26 Å². The third-order valence-electron chi connectivity index (χ3n) is 2.91. The summed E-state index contributed by atoms with van der Waals surface area (Å²) in [6.07, 6.45) is 0.783. The lowest BCUT2D eigenvalue weighted by Gasteiger charge is -2.14. The van der Waals surface area contributed by atoms with Crippen LogP contribution in [0.2, 0.25) is 0 Å². The van der Waals surface area contributed by atoms with Crippen LogP contribution >= 0.6 is 22.6 Å². The molecule has 0 heterocycles. The summed E-state index contributed by atoms with van der Waals surface area (Å²) in [5, 5.41) is 8.92. The number of hydrogen-bond donors (Lipinski definition) is 0. The van der Waals surface area contributed by atoms with Crippen LogP contribution in [0.1, 0.15) is 28.4 Å². The van der Waals surface area contributed by atoms with Crippen molar-refractivity contribution < 1.29 is 14.3 Å². The third-order valence-corrected chi connectivity index (χ3v) is 3.71. The molecule has 0 saturated heterocycles. The summed E-state index contributed by atoms with van der Waals surface area (Å²) < 4.78 is 12.2. The molecule has 5 heteroatoms. The molecule has 0 atom stereocenters. The lowest BCUT2D eigenvalue weighted by molar-refractivity contribution is 0.112. The maximum absolute atomic E-state index is 10.9. The van der Waals surface area contributed by atoms with E-state index in [1.807, 2.05) is 19.1 Å². The Bertz CT molecular complexity index is 722. The standard InChI is InChI=1S/C17H14INO3/c1-2-21-16-8-14(10-20)7-15(18)17(16)22-11-13-5-3-4-12(6-13)9-19/h3-8,10H,2,11H2,1H3. The van der Waals surface area contributed by atoms with Crippen molar-refractivity contribution in [3.8, 4) is 17.6 Å². The van der Waals surface area contributed by atoms with Crippen molar-refractivity contribution in [2.45, 2.75) is 13.5 Å². The molecule has 22 heavy (non-hydrogen) atoms. The van der Waals surface area contributed by atoms with Gasteiger partial charge in [0.25, 0.3) is 0 Å². The quantitative estimate of drug-likeness (QED) is 0.538. The molecule has 0 amide bonds. The minimum atomic E-state index is 0.325. The van der Waals surface area contributed by atoms with Gasteiger partial charge in [0.15, 0.2) is 11.5 Å². The number of ether oxygens (including phenoxy) is 2. The Labute approximate surface area is 142 Å². The molecule has 0 fully saturated rings. The minimum Gasteiger partial charge on any atom is -0.490 e. The van der Waals surface area contributed by atoms with Gasteiger partial charge in [0.1, 0.15) is 12.9 Å². The number of halogens is 1. The molecule has 2 aromatic rings. The number of nitriles is 1. The van der Waals surface area contributed by atoms with Crippen LogP contribution in [0.15, 0.2) is 36.4 Å². The van der Waals surface area contributed by atoms with E-state index in [1.165, 1.54) is 0 Å². The number of hydrogen-bond acceptors (Lipinski definition) is 4. The highest BCUT2D eigenvalue weighted by Gasteiger charge is 2.12. The van der Waals surface area contributed by atoms with Gasteiger partial charge in [0, 0.05) is 5.56 Å². The van der Waals surface area contributed by atoms with E-state index < -0.39 is 0 Å². The first-order valence-corrected chi connectivity index (χ1v) is 7.79. The first-order valence-electron chi connectivity index (χ1n) is 6.71. The highest BCUT2D eigenvalue weighted by molar-refractivity contribution is 14.1. The van der Waals surface area contributed by atoms with E-state index in [0.29, 0.717) is 35.8 Å². The highest BCUT2D eigenvalue weighted by atomic mass is 127. The first-order chi connectivity index (χ1) is 10.7. The average Bonchev–Trinajstić information content (AvgIpc) is 2.54. The van der Waals surface area contributed by atoms with E-state index in [1.54, 1.807) is 24.3 Å². The van der Waals surface area contributed by atoms with Crippen molar-refractivity contribution in [3.63, 3.8) is 0 Å². The fraction of sp³-hybridized carbons (Fsp3) is 0.176. The van der Waals surface area contributed by atoms with Crippen LogP contribution in [-0.4, -0.2) is 12.9 Å². The second kappa shape index (κ2) is 7.80. The molecule has 2 aromatic carbocycles. The van der Waals surface area contributed by atoms with Gasteiger partial charge in [0.05, 0.1) is 21.8 Å². The number of benzene rings is 2. The summed E-state index contributed by atoms with van der Waals surface area (Å²) in [6, 6.07) is 12.8. The first kappa shape index (κ1) is 16.3. The Balaban J connectivity index is 2.24. The lowest BCUT2D eigenvalue weighted by atomic mass is 10.1. The van der Waals surface area contributed by atoms with E-state index in [4.69, 9.17) is 14.7 Å². The zero-order valence-corrected chi connectivity index (χ0v) is 14.2. The van der Waals surface area contributed by atoms with Crippen LogP contribution in [-0.2, 0) is 6.61 Å². The van der Waals surface area contributed by atoms with Crippen molar-refractivity contribution in [2.75, 3.05) is 6.61 Å². The molecule has 0 unspecified atom stereocenters. The van der Waals surface area contributed by atoms with Crippen LogP contribution in [0.3, 0.4) is 0 Å². The van der Waals surface area contributed by atoms with Crippen molar-refractivity contribution in [1.82, 2.24) is 0 Å². The van der Waals surface area contributed by atoms with Crippen LogP contribution in [0.5, 0.6) is 11.5 Å². The van der Waals surface area contributed by atoms with Crippen LogP contribution in [0.25, 0.3) is 0 Å². The van der Waals surface area contributed by atoms with Crippen molar-refractivity contribution in [3.05, 3.63) is 56.7 Å². The molecule has 0 saturated carbocycles. The zero-order chi connectivity index (χ0) is 15.9. The number of nitrogens with zero attached hydrogens (tertiary/aromatic N) is 1.